The van der Waals surface area contributed by atoms with E-state index in [1.165, 1.54) is 14.2 Å². The second kappa shape index (κ2) is 6.72. The third-order valence-electron chi connectivity index (χ3n) is 3.86. The summed E-state index contributed by atoms with van der Waals surface area (Å²) in [5.74, 6) is 0.127. The van der Waals surface area contributed by atoms with Crippen molar-refractivity contribution in [3.05, 3.63) is 53.1 Å². The van der Waals surface area contributed by atoms with Crippen molar-refractivity contribution in [1.29, 1.82) is 0 Å². The number of anilines is 1. The number of aryl methyl sites for hydroxylation is 1. The lowest BCUT2D eigenvalue weighted by molar-refractivity contribution is 0.0340. The molecule has 0 fully saturated rings. The Morgan fingerprint density at radius 2 is 1.80 bits per heavy atom. The van der Waals surface area contributed by atoms with Crippen molar-refractivity contribution in [1.82, 2.24) is 5.32 Å². The molecule has 0 spiro atoms. The van der Waals surface area contributed by atoms with Crippen molar-refractivity contribution in [3.63, 3.8) is 0 Å². The fourth-order valence-electron chi connectivity index (χ4n) is 2.63. The quantitative estimate of drug-likeness (QED) is 0.834. The van der Waals surface area contributed by atoms with Gasteiger partial charge in [0.1, 0.15) is 5.56 Å². The standard InChI is InChI=1S/C18H18N2O5/c1-10-4-6-11(7-5-10)19-18(22)20-16-12-8-9-13(23-2)15(24-3)14(12)17(21)25-16/h4-9,16H,1-3H3,(H2,19,20,22)/t16-/m1/s1. The predicted octanol–water partition coefficient (Wildman–Crippen LogP) is 3.00. The third-order valence-corrected chi connectivity index (χ3v) is 3.86. The molecule has 0 saturated carbocycles. The van der Waals surface area contributed by atoms with Gasteiger partial charge in [-0.1, -0.05) is 17.7 Å². The molecule has 2 aromatic rings. The van der Waals surface area contributed by atoms with Gasteiger partial charge in [-0.25, -0.2) is 9.59 Å². The van der Waals surface area contributed by atoms with E-state index >= 15 is 0 Å². The lowest BCUT2D eigenvalue weighted by atomic mass is 10.1. The summed E-state index contributed by atoms with van der Waals surface area (Å²) >= 11 is 0. The molecule has 7 heteroatoms. The van der Waals surface area contributed by atoms with Crippen LogP contribution < -0.4 is 20.1 Å². The molecule has 0 saturated heterocycles. The molecule has 0 aliphatic carbocycles. The van der Waals surface area contributed by atoms with Gasteiger partial charge in [-0.3, -0.25) is 5.32 Å². The summed E-state index contributed by atoms with van der Waals surface area (Å²) in [6.45, 7) is 1.96. The first-order chi connectivity index (χ1) is 12.0. The molecule has 0 radical (unpaired) electrons. The lowest BCUT2D eigenvalue weighted by Crippen LogP contribution is -2.32. The van der Waals surface area contributed by atoms with Gasteiger partial charge in [-0.2, -0.15) is 0 Å². The number of nitrogens with one attached hydrogen (secondary N) is 2. The number of benzene rings is 2. The summed E-state index contributed by atoms with van der Waals surface area (Å²) in [4.78, 5) is 24.3. The smallest absolute Gasteiger partial charge is 0.344 e. The number of carbonyl (C=O) groups is 2. The van der Waals surface area contributed by atoms with E-state index in [0.717, 1.165) is 5.56 Å². The molecule has 1 atom stereocenters. The maximum atomic E-state index is 12.2. The van der Waals surface area contributed by atoms with Gasteiger partial charge in [-0.15, -0.1) is 0 Å². The monoisotopic (exact) mass is 342 g/mol. The topological polar surface area (TPSA) is 85.9 Å². The molecular weight excluding hydrogens is 324 g/mol. The zero-order valence-electron chi connectivity index (χ0n) is 14.1. The van der Waals surface area contributed by atoms with E-state index in [1.807, 2.05) is 19.1 Å². The first-order valence-electron chi connectivity index (χ1n) is 7.63. The Kier molecular flexibility index (Phi) is 4.47. The third kappa shape index (κ3) is 3.21. The number of fused-ring (bicyclic) bond motifs is 1. The van der Waals surface area contributed by atoms with Gasteiger partial charge in [0.15, 0.2) is 11.5 Å². The van der Waals surface area contributed by atoms with Gasteiger partial charge in [0.25, 0.3) is 0 Å². The van der Waals surface area contributed by atoms with Gasteiger partial charge < -0.3 is 19.5 Å². The Morgan fingerprint density at radius 1 is 1.08 bits per heavy atom. The number of hydrogen-bond acceptors (Lipinski definition) is 5. The van der Waals surface area contributed by atoms with Crippen LogP contribution in [0.3, 0.4) is 0 Å². The summed E-state index contributed by atoms with van der Waals surface area (Å²) in [6.07, 6.45) is -0.896. The summed E-state index contributed by atoms with van der Waals surface area (Å²) in [5.41, 5.74) is 2.50. The van der Waals surface area contributed by atoms with Crippen LogP contribution >= 0.6 is 0 Å². The van der Waals surface area contributed by atoms with Gasteiger partial charge >= 0.3 is 12.0 Å². The Morgan fingerprint density at radius 3 is 2.44 bits per heavy atom. The van der Waals surface area contributed by atoms with Crippen LogP contribution in [-0.2, 0) is 4.74 Å². The highest BCUT2D eigenvalue weighted by Crippen LogP contribution is 2.40. The lowest BCUT2D eigenvalue weighted by Gasteiger charge is -2.14. The number of hydrogen-bond donors (Lipinski definition) is 2. The van der Waals surface area contributed by atoms with Gasteiger partial charge in [0, 0.05) is 11.3 Å². The van der Waals surface area contributed by atoms with Crippen molar-refractivity contribution in [2.75, 3.05) is 19.5 Å². The van der Waals surface area contributed by atoms with E-state index in [-0.39, 0.29) is 11.3 Å². The Balaban J connectivity index is 1.79. The molecule has 1 aliphatic rings. The predicted molar refractivity (Wildman–Crippen MR) is 91.0 cm³/mol. The van der Waals surface area contributed by atoms with Crippen LogP contribution in [0, 0.1) is 6.92 Å². The summed E-state index contributed by atoms with van der Waals surface area (Å²) in [6, 6.07) is 10.2. The molecular formula is C18H18N2O5. The van der Waals surface area contributed by atoms with Crippen LogP contribution in [0.5, 0.6) is 11.5 Å². The minimum atomic E-state index is -0.896. The number of methoxy groups -OCH3 is 2. The highest BCUT2D eigenvalue weighted by atomic mass is 16.6. The van der Waals surface area contributed by atoms with Crippen molar-refractivity contribution < 1.29 is 23.8 Å². The second-order valence-corrected chi connectivity index (χ2v) is 5.52. The van der Waals surface area contributed by atoms with Crippen molar-refractivity contribution in [3.8, 4) is 11.5 Å². The van der Waals surface area contributed by atoms with Crippen molar-refractivity contribution >= 4 is 17.7 Å². The molecule has 25 heavy (non-hydrogen) atoms. The minimum absolute atomic E-state index is 0.252. The van der Waals surface area contributed by atoms with E-state index in [4.69, 9.17) is 14.2 Å². The summed E-state index contributed by atoms with van der Waals surface area (Å²) < 4.78 is 15.7. The second-order valence-electron chi connectivity index (χ2n) is 5.52. The average molecular weight is 342 g/mol. The zero-order chi connectivity index (χ0) is 18.0. The minimum Gasteiger partial charge on any atom is -0.493 e. The molecule has 2 N–H and O–H groups in total. The normalized spacial score (nSPS) is 15.2. The number of carbonyl (C=O) groups excluding carboxylic acids is 2. The Hall–Kier alpha value is -3.22. The molecule has 1 aliphatic heterocycles. The molecule has 130 valence electrons. The van der Waals surface area contributed by atoms with Crippen LogP contribution in [0.15, 0.2) is 36.4 Å². The van der Waals surface area contributed by atoms with E-state index < -0.39 is 18.2 Å². The molecule has 2 amide bonds. The molecule has 0 aromatic heterocycles. The molecule has 0 unspecified atom stereocenters. The van der Waals surface area contributed by atoms with Crippen LogP contribution in [0.25, 0.3) is 0 Å². The van der Waals surface area contributed by atoms with Gasteiger partial charge in [0.05, 0.1) is 14.2 Å². The number of urea groups is 1. The number of ether oxygens (including phenoxy) is 3. The molecule has 7 nitrogen and oxygen atoms in total. The highest BCUT2D eigenvalue weighted by molar-refractivity contribution is 5.99. The Bertz CT molecular complexity index is 817. The largest absolute Gasteiger partial charge is 0.493 e. The summed E-state index contributed by atoms with van der Waals surface area (Å²) in [5, 5.41) is 5.32. The van der Waals surface area contributed by atoms with E-state index in [0.29, 0.717) is 17.0 Å². The maximum absolute atomic E-state index is 12.2. The summed E-state index contributed by atoms with van der Waals surface area (Å²) in [7, 11) is 2.92. The van der Waals surface area contributed by atoms with Crippen LogP contribution in [0.1, 0.15) is 27.7 Å². The number of rotatable bonds is 4. The number of esters is 1. The van der Waals surface area contributed by atoms with Crippen molar-refractivity contribution in [2.45, 2.75) is 13.2 Å². The average Bonchev–Trinajstić information content (AvgIpc) is 2.91. The number of amides is 2. The molecule has 3 rings (SSSR count). The van der Waals surface area contributed by atoms with Crippen LogP contribution in [0.4, 0.5) is 10.5 Å². The zero-order valence-corrected chi connectivity index (χ0v) is 14.1. The maximum Gasteiger partial charge on any atom is 0.344 e. The van der Waals surface area contributed by atoms with Crippen LogP contribution in [-0.4, -0.2) is 26.2 Å². The number of cyclic esters (lactones) is 1. The first kappa shape index (κ1) is 16.6. The van der Waals surface area contributed by atoms with E-state index in [2.05, 4.69) is 10.6 Å². The fraction of sp³-hybridized carbons (Fsp3) is 0.222. The van der Waals surface area contributed by atoms with Crippen LogP contribution in [0.2, 0.25) is 0 Å². The Labute approximate surface area is 144 Å². The first-order valence-corrected chi connectivity index (χ1v) is 7.63. The van der Waals surface area contributed by atoms with E-state index in [1.54, 1.807) is 24.3 Å². The van der Waals surface area contributed by atoms with Gasteiger partial charge in [-0.05, 0) is 31.2 Å². The van der Waals surface area contributed by atoms with Crippen molar-refractivity contribution in [2.24, 2.45) is 0 Å². The SMILES string of the molecule is COc1ccc2c(c1OC)C(=O)O[C@H]2NC(=O)Nc1ccc(C)cc1. The van der Waals surface area contributed by atoms with Gasteiger partial charge in [0.2, 0.25) is 6.23 Å². The molecule has 0 bridgehead atoms. The molecule has 2 aromatic carbocycles. The highest BCUT2D eigenvalue weighted by Gasteiger charge is 2.36. The molecule has 1 heterocycles. The van der Waals surface area contributed by atoms with E-state index in [9.17, 15) is 9.59 Å². The fourth-order valence-corrected chi connectivity index (χ4v) is 2.63.